The van der Waals surface area contributed by atoms with E-state index in [1.54, 1.807) is 0 Å². The zero-order valence-corrected chi connectivity index (χ0v) is 20.9. The quantitative estimate of drug-likeness (QED) is 0.460. The summed E-state index contributed by atoms with van der Waals surface area (Å²) in [5.74, 6) is 0.711. The fourth-order valence-corrected chi connectivity index (χ4v) is 9.68. The van der Waals surface area contributed by atoms with Crippen LogP contribution in [0, 0.1) is 5.92 Å². The van der Waals surface area contributed by atoms with Gasteiger partial charge in [0.05, 0.1) is 0 Å². The molecule has 2 aromatic carbocycles. The van der Waals surface area contributed by atoms with Crippen LogP contribution in [-0.4, -0.2) is 9.04 Å². The topological polar surface area (TPSA) is 9.23 Å². The smallest absolute Gasteiger partial charge is 1.00 e. The van der Waals surface area contributed by atoms with Gasteiger partial charge in [0, 0.05) is 0 Å². The van der Waals surface area contributed by atoms with Crippen LogP contribution in [0.5, 0.6) is 0 Å². The Bertz CT molecular complexity index is 734. The number of rotatable bonds is 6. The third-order valence-electron chi connectivity index (χ3n) is 4.58. The van der Waals surface area contributed by atoms with Crippen molar-refractivity contribution in [3.8, 4) is 0 Å². The van der Waals surface area contributed by atoms with Crippen LogP contribution in [0.15, 0.2) is 54.1 Å². The summed E-state index contributed by atoms with van der Waals surface area (Å²) in [7, 11) is -1.24. The number of benzene rings is 2. The van der Waals surface area contributed by atoms with Crippen molar-refractivity contribution >= 4 is 20.3 Å². The molecule has 2 atom stereocenters. The fraction of sp³-hybridized carbons (Fsp3) is 0.333. The first kappa shape index (κ1) is 23.9. The van der Waals surface area contributed by atoms with Gasteiger partial charge in [0.2, 0.25) is 0 Å². The van der Waals surface area contributed by atoms with Crippen molar-refractivity contribution in [2.45, 2.75) is 37.4 Å². The molecule has 5 heteroatoms. The average molecular weight is 485 g/mol. The molecule has 0 spiro atoms. The summed E-state index contributed by atoms with van der Waals surface area (Å²) in [5, 5.41) is 1.42. The van der Waals surface area contributed by atoms with E-state index in [9.17, 15) is 0 Å². The largest absolute Gasteiger partial charge is 1.00 e. The third-order valence-corrected chi connectivity index (χ3v) is 12.5. The van der Waals surface area contributed by atoms with Crippen molar-refractivity contribution in [2.75, 3.05) is 0 Å². The average Bonchev–Trinajstić information content (AvgIpc) is 2.87. The molecule has 0 heterocycles. The molecule has 2 aromatic rings. The summed E-state index contributed by atoms with van der Waals surface area (Å²) >= 11 is -0.916. The second kappa shape index (κ2) is 11.0. The maximum absolute atomic E-state index is 6.50. The van der Waals surface area contributed by atoms with E-state index in [1.807, 2.05) is 0 Å². The van der Waals surface area contributed by atoms with E-state index in [-0.39, 0.29) is 24.8 Å². The van der Waals surface area contributed by atoms with Crippen molar-refractivity contribution in [1.29, 1.82) is 0 Å². The Balaban J connectivity index is 0.00000169. The first-order valence-electron chi connectivity index (χ1n) is 8.81. The van der Waals surface area contributed by atoms with E-state index >= 15 is 0 Å². The number of hydrogen-bond acceptors (Lipinski definition) is 1. The van der Waals surface area contributed by atoms with Gasteiger partial charge in [0.25, 0.3) is 0 Å². The zero-order valence-electron chi connectivity index (χ0n) is 15.8. The van der Waals surface area contributed by atoms with Crippen molar-refractivity contribution in [3.63, 3.8) is 0 Å². The molecule has 26 heavy (non-hydrogen) atoms. The molecule has 0 radical (unpaired) electrons. The summed E-state index contributed by atoms with van der Waals surface area (Å²) in [6, 6.07) is 17.9. The van der Waals surface area contributed by atoms with Gasteiger partial charge in [-0.2, -0.15) is 0 Å². The summed E-state index contributed by atoms with van der Waals surface area (Å²) < 4.78 is 7.10. The van der Waals surface area contributed by atoms with Crippen LogP contribution >= 0.6 is 0 Å². The van der Waals surface area contributed by atoms with Gasteiger partial charge >= 0.3 is 161 Å². The molecule has 0 aliphatic heterocycles. The molecule has 0 saturated heterocycles. The summed E-state index contributed by atoms with van der Waals surface area (Å²) in [5.41, 5.74) is 5.93. The monoisotopic (exact) mass is 482 g/mol. The third kappa shape index (κ3) is 5.91. The number of hydrogen-bond donors (Lipinski definition) is 0. The summed E-state index contributed by atoms with van der Waals surface area (Å²) in [4.78, 5) is 0. The van der Waals surface area contributed by atoms with Crippen LogP contribution < -0.4 is 30.0 Å². The zero-order chi connectivity index (χ0) is 17.1. The Labute approximate surface area is 184 Å². The minimum absolute atomic E-state index is 0. The molecular weight excluding hydrogens is 458 g/mol. The maximum Gasteiger partial charge on any atom is -1.00 e. The minimum atomic E-state index is -1.24. The second-order valence-electron chi connectivity index (χ2n) is 7.17. The van der Waals surface area contributed by atoms with E-state index in [4.69, 9.17) is 2.50 Å². The molecule has 0 saturated carbocycles. The molecule has 2 unspecified atom stereocenters. The molecule has 138 valence electrons. The molecule has 0 fully saturated rings. The van der Waals surface area contributed by atoms with Gasteiger partial charge in [0.1, 0.15) is 0 Å². The standard InChI is InChI=1S/C14H17.C7H9OSi.2ClH.Zr/c1-10(2)6-12-4-5-13-7-11(3)8-14(13)9-12;1-9(8)7-5-3-2-4-6-7;;;/h4-5,7-10H,6H2,1-3H3;2-6,9H,1H3;2*1H;/q;-1;;;+3/p-2. The molecule has 1 aliphatic carbocycles. The molecule has 0 amide bonds. The van der Waals surface area contributed by atoms with Crippen LogP contribution in [0.4, 0.5) is 0 Å². The minimum Gasteiger partial charge on any atom is -1.00 e. The fourth-order valence-electron chi connectivity index (χ4n) is 3.30. The van der Waals surface area contributed by atoms with Crippen LogP contribution in [0.1, 0.15) is 41.1 Å². The Kier molecular flexibility index (Phi) is 10.1. The van der Waals surface area contributed by atoms with Gasteiger partial charge in [-0.3, -0.25) is 0 Å². The molecule has 0 N–H and O–H groups in total. The first-order valence-corrected chi connectivity index (χ1v) is 13.4. The van der Waals surface area contributed by atoms with Gasteiger partial charge < -0.3 is 24.8 Å². The predicted molar refractivity (Wildman–Crippen MR) is 102 cm³/mol. The maximum atomic E-state index is 6.50. The second-order valence-corrected chi connectivity index (χ2v) is 13.1. The molecule has 1 nitrogen and oxygen atoms in total. The number of allylic oxidation sites excluding steroid dienone is 1. The molecular formula is C21H26Cl2OSiZr. The van der Waals surface area contributed by atoms with E-state index in [1.165, 1.54) is 33.9 Å². The summed E-state index contributed by atoms with van der Waals surface area (Å²) in [6.45, 7) is 9.17. The van der Waals surface area contributed by atoms with Crippen LogP contribution in [0.3, 0.4) is 0 Å². The van der Waals surface area contributed by atoms with Gasteiger partial charge in [-0.05, 0) is 0 Å². The van der Waals surface area contributed by atoms with Crippen molar-refractivity contribution in [3.05, 3.63) is 70.8 Å². The van der Waals surface area contributed by atoms with Crippen molar-refractivity contribution in [1.82, 2.24) is 0 Å². The summed E-state index contributed by atoms with van der Waals surface area (Å²) in [6.07, 6.45) is 3.56. The molecule has 3 rings (SSSR count). The van der Waals surface area contributed by atoms with E-state index in [0.29, 0.717) is 9.54 Å². The first-order chi connectivity index (χ1) is 11.5. The molecule has 0 bridgehead atoms. The van der Waals surface area contributed by atoms with Crippen LogP contribution in [-0.2, 0) is 32.6 Å². The van der Waals surface area contributed by atoms with Crippen molar-refractivity contribution < 1.29 is 51.0 Å². The van der Waals surface area contributed by atoms with Gasteiger partial charge in [-0.1, -0.05) is 0 Å². The van der Waals surface area contributed by atoms with Crippen LogP contribution in [0.2, 0.25) is 6.55 Å². The van der Waals surface area contributed by atoms with Gasteiger partial charge in [-0.25, -0.2) is 0 Å². The Hall–Kier alpha value is -0.180. The van der Waals surface area contributed by atoms with Gasteiger partial charge in [-0.15, -0.1) is 0 Å². The van der Waals surface area contributed by atoms with E-state index in [2.05, 4.69) is 81.9 Å². The van der Waals surface area contributed by atoms with Crippen LogP contribution in [0.25, 0.3) is 6.08 Å². The van der Waals surface area contributed by atoms with Gasteiger partial charge in [0.15, 0.2) is 0 Å². The Morgan fingerprint density at radius 1 is 1.08 bits per heavy atom. The Morgan fingerprint density at radius 2 is 1.77 bits per heavy atom. The van der Waals surface area contributed by atoms with Crippen molar-refractivity contribution in [2.24, 2.45) is 5.92 Å². The normalized spacial score (nSPS) is 16.0. The Morgan fingerprint density at radius 3 is 2.42 bits per heavy atom. The number of fused-ring (bicyclic) bond motifs is 1. The van der Waals surface area contributed by atoms with E-state index < -0.39 is 32.7 Å². The molecule has 1 aliphatic rings. The SMILES string of the molecule is CC1=Cc2cc(CC(C)C)ccc2[CH]1[Zr+2][O][SiH](C)c1ccccc1.[Cl-].[Cl-]. The predicted octanol–water partition coefficient (Wildman–Crippen LogP) is -1.37. The van der Waals surface area contributed by atoms with E-state index in [0.717, 1.165) is 0 Å². The molecule has 0 aromatic heterocycles. The number of halogens is 2.